The van der Waals surface area contributed by atoms with Crippen molar-refractivity contribution in [1.82, 2.24) is 0 Å². The predicted molar refractivity (Wildman–Crippen MR) is 66.4 cm³/mol. The first-order valence-electron chi connectivity index (χ1n) is 5.16. The zero-order chi connectivity index (χ0) is 13.1. The molecule has 0 atom stereocenters. The molecule has 1 rings (SSSR count). The number of carbonyl (C=O) groups is 1. The van der Waals surface area contributed by atoms with Crippen molar-refractivity contribution in [2.45, 2.75) is 31.4 Å². The van der Waals surface area contributed by atoms with Crippen molar-refractivity contribution >= 4 is 23.4 Å². The van der Waals surface area contributed by atoms with E-state index in [2.05, 4.69) is 5.32 Å². The van der Waals surface area contributed by atoms with E-state index in [0.717, 1.165) is 0 Å². The molecule has 0 unspecified atom stereocenters. The summed E-state index contributed by atoms with van der Waals surface area (Å²) in [6.07, 6.45) is 0. The van der Waals surface area contributed by atoms with Crippen LogP contribution in [0.3, 0.4) is 0 Å². The van der Waals surface area contributed by atoms with Crippen molar-refractivity contribution in [3.05, 3.63) is 24.3 Å². The Morgan fingerprint density at radius 2 is 1.88 bits per heavy atom. The van der Waals surface area contributed by atoms with Crippen molar-refractivity contribution in [2.75, 3.05) is 5.32 Å². The number of thioether (sulfide) groups is 1. The van der Waals surface area contributed by atoms with Crippen LogP contribution in [0.5, 0.6) is 0 Å². The van der Waals surface area contributed by atoms with Crippen molar-refractivity contribution in [3.63, 3.8) is 0 Å². The van der Waals surface area contributed by atoms with E-state index >= 15 is 0 Å². The van der Waals surface area contributed by atoms with Crippen molar-refractivity contribution < 1.29 is 13.6 Å². The highest BCUT2D eigenvalue weighted by Gasteiger charge is 2.22. The molecule has 0 heterocycles. The quantitative estimate of drug-likeness (QED) is 0.832. The molecule has 0 saturated heterocycles. The predicted octanol–water partition coefficient (Wildman–Crippen LogP) is 3.99. The Labute approximate surface area is 104 Å². The Bertz CT molecular complexity index is 402. The minimum Gasteiger partial charge on any atom is -0.325 e. The second-order valence-electron chi connectivity index (χ2n) is 4.58. The molecule has 0 fully saturated rings. The molecule has 94 valence electrons. The van der Waals surface area contributed by atoms with Gasteiger partial charge in [-0.25, -0.2) is 0 Å². The van der Waals surface area contributed by atoms with Crippen LogP contribution in [0.15, 0.2) is 29.2 Å². The highest BCUT2D eigenvalue weighted by Crippen LogP contribution is 2.32. The van der Waals surface area contributed by atoms with Crippen molar-refractivity contribution in [2.24, 2.45) is 5.41 Å². The van der Waals surface area contributed by atoms with E-state index in [1.54, 1.807) is 45.0 Å². The van der Waals surface area contributed by atoms with Gasteiger partial charge in [-0.1, -0.05) is 44.7 Å². The van der Waals surface area contributed by atoms with E-state index in [9.17, 15) is 13.6 Å². The molecule has 0 spiro atoms. The molecule has 1 aromatic rings. The van der Waals surface area contributed by atoms with Gasteiger partial charge in [0.1, 0.15) is 0 Å². The Kier molecular flexibility index (Phi) is 4.51. The maximum absolute atomic E-state index is 12.3. The number of alkyl halides is 2. The van der Waals surface area contributed by atoms with Gasteiger partial charge in [-0.15, -0.1) is 0 Å². The number of amides is 1. The molecule has 0 aliphatic rings. The first-order chi connectivity index (χ1) is 7.80. The fourth-order valence-electron chi connectivity index (χ4n) is 1.08. The fraction of sp³-hybridized carbons (Fsp3) is 0.417. The Hall–Kier alpha value is -1.10. The molecule has 1 aromatic carbocycles. The number of hydrogen-bond acceptors (Lipinski definition) is 2. The second kappa shape index (κ2) is 5.49. The minimum atomic E-state index is -2.50. The summed E-state index contributed by atoms with van der Waals surface area (Å²) < 4.78 is 24.6. The average Bonchev–Trinajstić information content (AvgIpc) is 2.18. The third-order valence-electron chi connectivity index (χ3n) is 2.03. The van der Waals surface area contributed by atoms with Gasteiger partial charge in [-0.05, 0) is 12.1 Å². The smallest absolute Gasteiger partial charge is 0.288 e. The van der Waals surface area contributed by atoms with Crippen LogP contribution in [-0.4, -0.2) is 11.7 Å². The van der Waals surface area contributed by atoms with Crippen LogP contribution in [0.4, 0.5) is 14.5 Å². The summed E-state index contributed by atoms with van der Waals surface area (Å²) >= 11 is 0.430. The van der Waals surface area contributed by atoms with Crippen LogP contribution in [0.1, 0.15) is 20.8 Å². The summed E-state index contributed by atoms with van der Waals surface area (Å²) in [6, 6.07) is 6.55. The highest BCUT2D eigenvalue weighted by molar-refractivity contribution is 7.99. The van der Waals surface area contributed by atoms with Gasteiger partial charge in [0.25, 0.3) is 5.76 Å². The number of hydrogen-bond donors (Lipinski definition) is 1. The van der Waals surface area contributed by atoms with Gasteiger partial charge in [0.2, 0.25) is 5.91 Å². The zero-order valence-corrected chi connectivity index (χ0v) is 10.8. The number of anilines is 1. The lowest BCUT2D eigenvalue weighted by atomic mass is 9.95. The molecular formula is C12H15F2NOS. The van der Waals surface area contributed by atoms with Crippen LogP contribution in [-0.2, 0) is 4.79 Å². The fourth-order valence-corrected chi connectivity index (χ4v) is 1.67. The maximum Gasteiger partial charge on any atom is 0.288 e. The summed E-state index contributed by atoms with van der Waals surface area (Å²) in [5, 5.41) is 2.66. The molecule has 0 saturated carbocycles. The van der Waals surface area contributed by atoms with Gasteiger partial charge in [0.05, 0.1) is 5.69 Å². The van der Waals surface area contributed by atoms with E-state index in [1.165, 1.54) is 0 Å². The van der Waals surface area contributed by atoms with E-state index < -0.39 is 11.2 Å². The van der Waals surface area contributed by atoms with E-state index in [0.29, 0.717) is 22.3 Å². The largest absolute Gasteiger partial charge is 0.325 e. The van der Waals surface area contributed by atoms with Gasteiger partial charge in [0, 0.05) is 10.3 Å². The Morgan fingerprint density at radius 3 is 2.41 bits per heavy atom. The van der Waals surface area contributed by atoms with Crippen LogP contribution >= 0.6 is 11.8 Å². The zero-order valence-electron chi connectivity index (χ0n) is 9.96. The highest BCUT2D eigenvalue weighted by atomic mass is 32.2. The maximum atomic E-state index is 12.3. The number of benzene rings is 1. The molecule has 0 radical (unpaired) electrons. The summed E-state index contributed by atoms with van der Waals surface area (Å²) in [5.74, 6) is -2.69. The van der Waals surface area contributed by atoms with Crippen LogP contribution in [0, 0.1) is 5.41 Å². The molecule has 0 aliphatic heterocycles. The standard InChI is InChI=1S/C12H15F2NOS/c1-12(2,3)10(16)15-8-6-4-5-7-9(8)17-11(13)14/h4-7,11H,1-3H3,(H,15,16). The molecule has 1 N–H and O–H groups in total. The van der Waals surface area contributed by atoms with Gasteiger partial charge in [0.15, 0.2) is 0 Å². The van der Waals surface area contributed by atoms with Crippen LogP contribution < -0.4 is 5.32 Å². The number of rotatable bonds is 3. The number of halogens is 2. The second-order valence-corrected chi connectivity index (χ2v) is 5.61. The third-order valence-corrected chi connectivity index (χ3v) is 2.82. The molecule has 1 amide bonds. The van der Waals surface area contributed by atoms with Crippen LogP contribution in [0.25, 0.3) is 0 Å². The number of carbonyl (C=O) groups excluding carboxylic acids is 1. The van der Waals surface area contributed by atoms with Crippen LogP contribution in [0.2, 0.25) is 0 Å². The molecule has 0 aromatic heterocycles. The van der Waals surface area contributed by atoms with Crippen molar-refractivity contribution in [3.8, 4) is 0 Å². The summed E-state index contributed by atoms with van der Waals surface area (Å²) in [5.41, 5.74) is -0.125. The summed E-state index contributed by atoms with van der Waals surface area (Å²) in [4.78, 5) is 12.1. The number of para-hydroxylation sites is 1. The monoisotopic (exact) mass is 259 g/mol. The van der Waals surface area contributed by atoms with Gasteiger partial charge in [-0.3, -0.25) is 4.79 Å². The third kappa shape index (κ3) is 4.34. The van der Waals surface area contributed by atoms with Gasteiger partial charge >= 0.3 is 0 Å². The van der Waals surface area contributed by atoms with E-state index in [4.69, 9.17) is 0 Å². The SMILES string of the molecule is CC(C)(C)C(=O)Nc1ccccc1SC(F)F. The molecule has 2 nitrogen and oxygen atoms in total. The molecule has 17 heavy (non-hydrogen) atoms. The number of nitrogens with one attached hydrogen (secondary N) is 1. The summed E-state index contributed by atoms with van der Waals surface area (Å²) in [6.45, 7) is 5.31. The first kappa shape index (κ1) is 14.0. The molecular weight excluding hydrogens is 244 g/mol. The average molecular weight is 259 g/mol. The topological polar surface area (TPSA) is 29.1 Å². The van der Waals surface area contributed by atoms with Gasteiger partial charge in [-0.2, -0.15) is 8.78 Å². The van der Waals surface area contributed by atoms with E-state index in [-0.39, 0.29) is 5.91 Å². The van der Waals surface area contributed by atoms with Crippen molar-refractivity contribution in [1.29, 1.82) is 0 Å². The molecule has 5 heteroatoms. The first-order valence-corrected chi connectivity index (χ1v) is 6.04. The summed E-state index contributed by atoms with van der Waals surface area (Å²) in [7, 11) is 0. The lowest BCUT2D eigenvalue weighted by Crippen LogP contribution is -2.27. The molecule has 0 bridgehead atoms. The van der Waals surface area contributed by atoms with E-state index in [1.807, 2.05) is 0 Å². The van der Waals surface area contributed by atoms with Gasteiger partial charge < -0.3 is 5.32 Å². The normalized spacial score (nSPS) is 11.6. The molecule has 0 aliphatic carbocycles. The minimum absolute atomic E-state index is 0.195. The Balaban J connectivity index is 2.87. The lowest BCUT2D eigenvalue weighted by Gasteiger charge is -2.19. The Morgan fingerprint density at radius 1 is 1.29 bits per heavy atom. The lowest BCUT2D eigenvalue weighted by molar-refractivity contribution is -0.123.